The molecular formula is C32H66Se. The van der Waals surface area contributed by atoms with Crippen molar-refractivity contribution in [1.29, 1.82) is 0 Å². The summed E-state index contributed by atoms with van der Waals surface area (Å²) < 4.78 is 0. The van der Waals surface area contributed by atoms with Crippen LogP contribution in [0.1, 0.15) is 183 Å². The first-order valence-electron chi connectivity index (χ1n) is 15.6. The summed E-state index contributed by atoms with van der Waals surface area (Å²) >= 11 is 0.938. The fourth-order valence-electron chi connectivity index (χ4n) is 5.84. The van der Waals surface area contributed by atoms with E-state index < -0.39 is 0 Å². The van der Waals surface area contributed by atoms with Crippen LogP contribution in [-0.4, -0.2) is 15.0 Å². The Labute approximate surface area is 218 Å². The van der Waals surface area contributed by atoms with Crippen molar-refractivity contribution in [1.82, 2.24) is 0 Å². The van der Waals surface area contributed by atoms with Gasteiger partial charge < -0.3 is 0 Å². The van der Waals surface area contributed by atoms with Crippen LogP contribution in [0.3, 0.4) is 0 Å². The van der Waals surface area contributed by atoms with Crippen LogP contribution in [0.25, 0.3) is 0 Å². The average molecular weight is 530 g/mol. The Morgan fingerprint density at radius 2 is 0.576 bits per heavy atom. The van der Waals surface area contributed by atoms with Gasteiger partial charge in [-0.25, -0.2) is 0 Å². The minimum atomic E-state index is 0.660. The molecular weight excluding hydrogens is 463 g/mol. The molecule has 0 aliphatic heterocycles. The summed E-state index contributed by atoms with van der Waals surface area (Å²) in [6.07, 6.45) is 32.0. The molecule has 200 valence electrons. The Bertz CT molecular complexity index is 327. The molecule has 1 heteroatoms. The van der Waals surface area contributed by atoms with E-state index in [1.54, 1.807) is 10.6 Å². The molecule has 0 aliphatic carbocycles. The summed E-state index contributed by atoms with van der Waals surface area (Å²) in [6.45, 7) is 14.4. The van der Waals surface area contributed by atoms with E-state index in [-0.39, 0.29) is 0 Å². The van der Waals surface area contributed by atoms with Crippen molar-refractivity contribution in [3.8, 4) is 0 Å². The Morgan fingerprint density at radius 1 is 0.333 bits per heavy atom. The van der Waals surface area contributed by atoms with Gasteiger partial charge in [0.15, 0.2) is 0 Å². The molecule has 0 bridgehead atoms. The molecule has 0 aromatic heterocycles. The molecule has 0 aliphatic rings. The molecule has 0 amide bonds. The van der Waals surface area contributed by atoms with E-state index in [1.807, 2.05) is 0 Å². The van der Waals surface area contributed by atoms with Crippen molar-refractivity contribution in [3.05, 3.63) is 0 Å². The van der Waals surface area contributed by atoms with Crippen LogP contribution in [0.5, 0.6) is 0 Å². The third-order valence-electron chi connectivity index (χ3n) is 9.49. The molecule has 33 heavy (non-hydrogen) atoms. The molecule has 0 aromatic carbocycles. The van der Waals surface area contributed by atoms with Crippen LogP contribution in [-0.2, 0) is 0 Å². The summed E-state index contributed by atoms with van der Waals surface area (Å²) in [7, 11) is 0. The van der Waals surface area contributed by atoms with E-state index in [1.165, 1.54) is 141 Å². The molecule has 0 spiro atoms. The quantitative estimate of drug-likeness (QED) is 0.0772. The summed E-state index contributed by atoms with van der Waals surface area (Å²) in [6, 6.07) is 0. The molecule has 0 N–H and O–H groups in total. The first kappa shape index (κ1) is 33.5. The number of unbranched alkanes of at least 4 members (excludes halogenated alkanes) is 12. The van der Waals surface area contributed by atoms with Gasteiger partial charge in [-0.1, -0.05) is 0 Å². The van der Waals surface area contributed by atoms with Crippen LogP contribution in [0.15, 0.2) is 0 Å². The molecule has 0 radical (unpaired) electrons. The van der Waals surface area contributed by atoms with E-state index in [0.717, 1.165) is 15.0 Å². The Morgan fingerprint density at radius 3 is 0.848 bits per heavy atom. The van der Waals surface area contributed by atoms with Crippen molar-refractivity contribution in [3.63, 3.8) is 0 Å². The molecule has 0 saturated heterocycles. The predicted octanol–water partition coefficient (Wildman–Crippen LogP) is 12.2. The van der Waals surface area contributed by atoms with Gasteiger partial charge in [-0.2, -0.15) is 0 Å². The van der Waals surface area contributed by atoms with Crippen LogP contribution in [0.2, 0.25) is 10.6 Å². The molecule has 0 heterocycles. The normalized spacial score (nSPS) is 12.5. The minimum absolute atomic E-state index is 0.660. The van der Waals surface area contributed by atoms with Crippen molar-refractivity contribution in [2.75, 3.05) is 0 Å². The van der Waals surface area contributed by atoms with Gasteiger partial charge in [-0.15, -0.1) is 0 Å². The SMILES string of the molecule is CCC(CC)(CC)CCCCCCCCC[Se]CCCCCCCCCC(CC)(CC)CC. The van der Waals surface area contributed by atoms with Crippen LogP contribution in [0.4, 0.5) is 0 Å². The zero-order chi connectivity index (χ0) is 24.7. The van der Waals surface area contributed by atoms with E-state index in [2.05, 4.69) is 41.5 Å². The van der Waals surface area contributed by atoms with Gasteiger partial charge >= 0.3 is 219 Å². The first-order valence-corrected chi connectivity index (χ1v) is 18.1. The van der Waals surface area contributed by atoms with E-state index in [4.69, 9.17) is 0 Å². The maximum atomic E-state index is 2.40. The third kappa shape index (κ3) is 16.8. The van der Waals surface area contributed by atoms with Crippen molar-refractivity contribution in [2.45, 2.75) is 193 Å². The summed E-state index contributed by atoms with van der Waals surface area (Å²) in [5, 5.41) is 3.10. The fraction of sp³-hybridized carbons (Fsp3) is 1.00. The van der Waals surface area contributed by atoms with Gasteiger partial charge in [0.25, 0.3) is 0 Å². The summed E-state index contributed by atoms with van der Waals surface area (Å²) in [4.78, 5) is 0. The molecule has 0 saturated carbocycles. The fourth-order valence-corrected chi connectivity index (χ4v) is 7.98. The van der Waals surface area contributed by atoms with E-state index >= 15 is 0 Å². The molecule has 0 unspecified atom stereocenters. The van der Waals surface area contributed by atoms with Gasteiger partial charge in [0.2, 0.25) is 0 Å². The van der Waals surface area contributed by atoms with Gasteiger partial charge in [0.05, 0.1) is 0 Å². The van der Waals surface area contributed by atoms with Gasteiger partial charge in [0.1, 0.15) is 0 Å². The zero-order valence-electron chi connectivity index (χ0n) is 24.4. The average Bonchev–Trinajstić information content (AvgIpc) is 2.86. The maximum absolute atomic E-state index is 2.40. The van der Waals surface area contributed by atoms with Crippen LogP contribution in [0, 0.1) is 10.8 Å². The topological polar surface area (TPSA) is 0 Å². The van der Waals surface area contributed by atoms with Crippen LogP contribution < -0.4 is 0 Å². The Balaban J connectivity index is 3.32. The number of rotatable bonds is 26. The molecule has 0 fully saturated rings. The van der Waals surface area contributed by atoms with Gasteiger partial charge in [-0.05, 0) is 0 Å². The summed E-state index contributed by atoms with van der Waals surface area (Å²) in [5.74, 6) is 0. The summed E-state index contributed by atoms with van der Waals surface area (Å²) in [5.41, 5.74) is 1.32. The third-order valence-corrected chi connectivity index (χ3v) is 11.9. The molecule has 0 atom stereocenters. The van der Waals surface area contributed by atoms with Crippen molar-refractivity contribution >= 4 is 15.0 Å². The molecule has 0 aromatic rings. The Hall–Kier alpha value is 0.519. The second-order valence-electron chi connectivity index (χ2n) is 11.2. The van der Waals surface area contributed by atoms with Gasteiger partial charge in [0, 0.05) is 0 Å². The van der Waals surface area contributed by atoms with Crippen molar-refractivity contribution in [2.24, 2.45) is 10.8 Å². The predicted molar refractivity (Wildman–Crippen MR) is 156 cm³/mol. The monoisotopic (exact) mass is 530 g/mol. The first-order chi connectivity index (χ1) is 16.1. The second kappa shape index (κ2) is 23.0. The van der Waals surface area contributed by atoms with Crippen LogP contribution >= 0.6 is 0 Å². The second-order valence-corrected chi connectivity index (χ2v) is 13.8. The van der Waals surface area contributed by atoms with E-state index in [9.17, 15) is 0 Å². The zero-order valence-corrected chi connectivity index (χ0v) is 26.1. The standard InChI is InChI=1S/C32H66Se/c1-7-31(8-2,9-3)27-23-19-15-13-17-21-25-29-33-30-26-22-18-14-16-20-24-28-32(10-4,11-5)12-6/h7-30H2,1-6H3. The van der Waals surface area contributed by atoms with Gasteiger partial charge in [-0.3, -0.25) is 0 Å². The van der Waals surface area contributed by atoms with E-state index in [0.29, 0.717) is 10.8 Å². The van der Waals surface area contributed by atoms with Crippen molar-refractivity contribution < 1.29 is 0 Å². The molecule has 0 rings (SSSR count). The number of hydrogen-bond donors (Lipinski definition) is 0. The molecule has 0 nitrogen and oxygen atoms in total. The Kier molecular flexibility index (Phi) is 23.3. The number of hydrogen-bond acceptors (Lipinski definition) is 0.